The first-order valence-electron chi connectivity index (χ1n) is 7.23. The average molecular weight is 286 g/mol. The molecule has 1 aliphatic heterocycles. The largest absolute Gasteiger partial charge is 0.378 e. The zero-order valence-electron chi connectivity index (χ0n) is 12.0. The third-order valence-electron chi connectivity index (χ3n) is 3.74. The maximum atomic E-state index is 6.35. The predicted octanol–water partition coefficient (Wildman–Crippen LogP) is 3.02. The van der Waals surface area contributed by atoms with Crippen LogP contribution in [0.5, 0.6) is 0 Å². The molecule has 1 aromatic rings. The molecule has 0 saturated carbocycles. The number of nitrogens with one attached hydrogen (secondary N) is 1. The van der Waals surface area contributed by atoms with Crippen LogP contribution in [0.1, 0.15) is 45.3 Å². The summed E-state index contributed by atoms with van der Waals surface area (Å²) >= 11 is 6.35. The summed E-state index contributed by atoms with van der Waals surface area (Å²) in [6, 6.07) is 0.236. The molecule has 1 saturated heterocycles. The summed E-state index contributed by atoms with van der Waals surface area (Å²) in [4.78, 5) is 0. The summed E-state index contributed by atoms with van der Waals surface area (Å²) in [6.45, 7) is 9.04. The summed E-state index contributed by atoms with van der Waals surface area (Å²) in [5.41, 5.74) is 1.11. The van der Waals surface area contributed by atoms with E-state index in [1.165, 1.54) is 0 Å². The Labute approximate surface area is 120 Å². The molecule has 3 atom stereocenters. The number of aromatic nitrogens is 2. The van der Waals surface area contributed by atoms with Gasteiger partial charge in [-0.05, 0) is 33.2 Å². The van der Waals surface area contributed by atoms with E-state index in [2.05, 4.69) is 31.2 Å². The molecule has 2 heterocycles. The summed E-state index contributed by atoms with van der Waals surface area (Å²) in [5.74, 6) is 0.473. The molecule has 0 bridgehead atoms. The van der Waals surface area contributed by atoms with Gasteiger partial charge < -0.3 is 10.1 Å². The van der Waals surface area contributed by atoms with Gasteiger partial charge in [-0.2, -0.15) is 5.10 Å². The van der Waals surface area contributed by atoms with Crippen LogP contribution in [0.15, 0.2) is 6.20 Å². The lowest BCUT2D eigenvalue weighted by molar-refractivity contribution is 0.116. The summed E-state index contributed by atoms with van der Waals surface area (Å²) in [6.07, 6.45) is 4.28. The molecule has 4 nitrogen and oxygen atoms in total. The minimum atomic E-state index is 0.236. The van der Waals surface area contributed by atoms with Gasteiger partial charge in [0.25, 0.3) is 0 Å². The maximum Gasteiger partial charge on any atom is 0.0834 e. The number of hydrogen-bond acceptors (Lipinski definition) is 3. The van der Waals surface area contributed by atoms with Crippen LogP contribution in [0.2, 0.25) is 5.02 Å². The molecule has 3 unspecified atom stereocenters. The zero-order chi connectivity index (χ0) is 13.8. The molecule has 0 spiro atoms. The van der Waals surface area contributed by atoms with Gasteiger partial charge in [-0.1, -0.05) is 18.5 Å². The minimum absolute atomic E-state index is 0.236. The van der Waals surface area contributed by atoms with Gasteiger partial charge in [0.1, 0.15) is 0 Å². The first kappa shape index (κ1) is 14.8. The highest BCUT2D eigenvalue weighted by molar-refractivity contribution is 6.31. The van der Waals surface area contributed by atoms with Gasteiger partial charge in [0, 0.05) is 12.5 Å². The van der Waals surface area contributed by atoms with E-state index in [1.807, 2.05) is 4.68 Å². The Hall–Kier alpha value is -0.580. The molecule has 1 N–H and O–H groups in total. The van der Waals surface area contributed by atoms with E-state index in [0.29, 0.717) is 12.0 Å². The summed E-state index contributed by atoms with van der Waals surface area (Å²) in [5, 5.41) is 8.74. The van der Waals surface area contributed by atoms with Gasteiger partial charge in [-0.15, -0.1) is 0 Å². The van der Waals surface area contributed by atoms with Crippen molar-refractivity contribution < 1.29 is 4.74 Å². The van der Waals surface area contributed by atoms with Gasteiger partial charge in [0.15, 0.2) is 0 Å². The van der Waals surface area contributed by atoms with Gasteiger partial charge in [-0.25, -0.2) is 0 Å². The smallest absolute Gasteiger partial charge is 0.0834 e. The Morgan fingerprint density at radius 2 is 2.37 bits per heavy atom. The normalized spacial score (nSPS) is 24.8. The fourth-order valence-corrected chi connectivity index (χ4v) is 3.06. The molecule has 108 valence electrons. The van der Waals surface area contributed by atoms with Crippen molar-refractivity contribution >= 4 is 11.6 Å². The molecule has 0 aromatic carbocycles. The molecule has 1 aliphatic rings. The third kappa shape index (κ3) is 3.30. The Bertz CT molecular complexity index is 407. The lowest BCUT2D eigenvalue weighted by atomic mass is 9.94. The van der Waals surface area contributed by atoms with Crippen molar-refractivity contribution in [1.82, 2.24) is 15.1 Å². The highest BCUT2D eigenvalue weighted by Gasteiger charge is 2.33. The van der Waals surface area contributed by atoms with E-state index in [-0.39, 0.29) is 6.04 Å². The molecule has 5 heteroatoms. The lowest BCUT2D eigenvalue weighted by Gasteiger charge is -2.25. The Balaban J connectivity index is 2.23. The Morgan fingerprint density at radius 3 is 2.95 bits per heavy atom. The van der Waals surface area contributed by atoms with Crippen molar-refractivity contribution in [3.8, 4) is 0 Å². The second-order valence-electron chi connectivity index (χ2n) is 5.27. The maximum absolute atomic E-state index is 6.35. The second-order valence-corrected chi connectivity index (χ2v) is 5.67. The molecule has 0 radical (unpaired) electrons. The second kappa shape index (κ2) is 6.73. The van der Waals surface area contributed by atoms with Gasteiger partial charge in [-0.3, -0.25) is 4.68 Å². The molecule has 2 rings (SSSR count). The molecule has 1 fully saturated rings. The number of halogens is 1. The molecular formula is C14H24ClN3O. The summed E-state index contributed by atoms with van der Waals surface area (Å²) < 4.78 is 7.72. The van der Waals surface area contributed by atoms with Gasteiger partial charge in [0.05, 0.1) is 35.7 Å². The Morgan fingerprint density at radius 1 is 1.58 bits per heavy atom. The predicted molar refractivity (Wildman–Crippen MR) is 77.5 cm³/mol. The minimum Gasteiger partial charge on any atom is -0.378 e. The van der Waals surface area contributed by atoms with Crippen molar-refractivity contribution in [1.29, 1.82) is 0 Å². The Kier molecular flexibility index (Phi) is 5.25. The first-order valence-corrected chi connectivity index (χ1v) is 7.61. The molecule has 0 amide bonds. The number of hydrogen-bond donors (Lipinski definition) is 1. The molecular weight excluding hydrogens is 262 g/mol. The van der Waals surface area contributed by atoms with Gasteiger partial charge >= 0.3 is 0 Å². The average Bonchev–Trinajstić information content (AvgIpc) is 2.98. The van der Waals surface area contributed by atoms with Crippen molar-refractivity contribution in [2.24, 2.45) is 5.92 Å². The van der Waals surface area contributed by atoms with E-state index in [1.54, 1.807) is 6.20 Å². The lowest BCUT2D eigenvalue weighted by Crippen LogP contribution is -2.31. The zero-order valence-corrected chi connectivity index (χ0v) is 12.8. The van der Waals surface area contributed by atoms with Crippen LogP contribution in [0, 0.1) is 5.92 Å². The van der Waals surface area contributed by atoms with Crippen LogP contribution in [0.3, 0.4) is 0 Å². The number of aryl methyl sites for hydroxylation is 1. The molecule has 19 heavy (non-hydrogen) atoms. The standard InChI is InChI=1S/C14H24ClN3O/c1-4-6-16-13(11-7-10(3)19-9-11)14-12(15)8-17-18(14)5-2/h8,10-11,13,16H,4-7,9H2,1-3H3. The van der Waals surface area contributed by atoms with Gasteiger partial charge in [0.2, 0.25) is 0 Å². The topological polar surface area (TPSA) is 39.1 Å². The number of ether oxygens (including phenoxy) is 1. The monoisotopic (exact) mass is 285 g/mol. The van der Waals surface area contributed by atoms with Crippen LogP contribution in [0.25, 0.3) is 0 Å². The van der Waals surface area contributed by atoms with Crippen LogP contribution < -0.4 is 5.32 Å². The number of nitrogens with zero attached hydrogens (tertiary/aromatic N) is 2. The van der Waals surface area contributed by atoms with Crippen LogP contribution in [-0.4, -0.2) is 29.0 Å². The van der Waals surface area contributed by atoms with E-state index < -0.39 is 0 Å². The first-order chi connectivity index (χ1) is 9.17. The van der Waals surface area contributed by atoms with Crippen molar-refractivity contribution in [3.63, 3.8) is 0 Å². The van der Waals surface area contributed by atoms with Crippen molar-refractivity contribution in [3.05, 3.63) is 16.9 Å². The third-order valence-corrected chi connectivity index (χ3v) is 4.03. The van der Waals surface area contributed by atoms with Crippen LogP contribution in [0.4, 0.5) is 0 Å². The number of rotatable bonds is 6. The van der Waals surface area contributed by atoms with Crippen molar-refractivity contribution in [2.45, 2.75) is 52.3 Å². The highest BCUT2D eigenvalue weighted by atomic mass is 35.5. The fourth-order valence-electron chi connectivity index (χ4n) is 2.80. The van der Waals surface area contributed by atoms with E-state index in [9.17, 15) is 0 Å². The highest BCUT2D eigenvalue weighted by Crippen LogP contribution is 2.34. The van der Waals surface area contributed by atoms with Crippen molar-refractivity contribution in [2.75, 3.05) is 13.2 Å². The van der Waals surface area contributed by atoms with Crippen LogP contribution in [-0.2, 0) is 11.3 Å². The molecule has 0 aliphatic carbocycles. The van der Waals surface area contributed by atoms with E-state index >= 15 is 0 Å². The SMILES string of the molecule is CCCNC(c1c(Cl)cnn1CC)C1COC(C)C1. The fraction of sp³-hybridized carbons (Fsp3) is 0.786. The van der Waals surface area contributed by atoms with E-state index in [4.69, 9.17) is 16.3 Å². The van der Waals surface area contributed by atoms with Crippen LogP contribution >= 0.6 is 11.6 Å². The van der Waals surface area contributed by atoms with E-state index in [0.717, 1.165) is 43.3 Å². The molecule has 1 aromatic heterocycles. The quantitative estimate of drug-likeness (QED) is 0.873. The summed E-state index contributed by atoms with van der Waals surface area (Å²) in [7, 11) is 0.